The van der Waals surface area contributed by atoms with Gasteiger partial charge in [0.25, 0.3) is 0 Å². The van der Waals surface area contributed by atoms with Gasteiger partial charge in [-0.1, -0.05) is 5.16 Å². The van der Waals surface area contributed by atoms with Gasteiger partial charge >= 0.3 is 6.18 Å². The van der Waals surface area contributed by atoms with Crippen LogP contribution in [-0.4, -0.2) is 72.1 Å². The minimum atomic E-state index is -4.22. The van der Waals surface area contributed by atoms with Crippen LogP contribution in [0.1, 0.15) is 56.4 Å². The van der Waals surface area contributed by atoms with E-state index in [1.807, 2.05) is 6.92 Å². The number of aryl methyl sites for hydroxylation is 1. The molecule has 1 aromatic heterocycles. The Labute approximate surface area is 198 Å². The van der Waals surface area contributed by atoms with Crippen molar-refractivity contribution in [2.24, 2.45) is 10.9 Å². The quantitative estimate of drug-likeness (QED) is 0.641. The highest BCUT2D eigenvalue weighted by Crippen LogP contribution is 2.31. The van der Waals surface area contributed by atoms with E-state index in [4.69, 9.17) is 4.52 Å². The third kappa shape index (κ3) is 6.84. The van der Waals surface area contributed by atoms with E-state index in [0.29, 0.717) is 23.9 Å². The second kappa shape index (κ2) is 10.5. The van der Waals surface area contributed by atoms with E-state index in [1.54, 1.807) is 6.07 Å². The van der Waals surface area contributed by atoms with Gasteiger partial charge in [0.1, 0.15) is 18.1 Å². The normalized spacial score (nSPS) is 23.6. The number of carbonyl (C=O) groups is 1. The first-order chi connectivity index (χ1) is 16.1. The summed E-state index contributed by atoms with van der Waals surface area (Å²) in [7, 11) is 1.47. The van der Waals surface area contributed by atoms with Crippen LogP contribution in [0.25, 0.3) is 0 Å². The van der Waals surface area contributed by atoms with Crippen LogP contribution >= 0.6 is 0 Å². The summed E-state index contributed by atoms with van der Waals surface area (Å²) >= 11 is 0. The first-order valence-electron chi connectivity index (χ1n) is 12.1. The van der Waals surface area contributed by atoms with E-state index < -0.39 is 12.7 Å². The van der Waals surface area contributed by atoms with Crippen molar-refractivity contribution in [1.82, 2.24) is 20.3 Å². The number of carbonyl (C=O) groups excluding carboxylic acids is 1. The van der Waals surface area contributed by atoms with Gasteiger partial charge in [-0.3, -0.25) is 9.69 Å². The zero-order valence-corrected chi connectivity index (χ0v) is 20.0. The lowest BCUT2D eigenvalue weighted by Crippen LogP contribution is -2.39. The SMILES string of the molecule is Cc1cc(CC(=O)NC2CCC(CCN3CCC4=C(C3)N=C(N(C)CC(F)(F)F)C4)CC2)on1. The summed E-state index contributed by atoms with van der Waals surface area (Å²) in [4.78, 5) is 20.4. The topological polar surface area (TPSA) is 74.0 Å². The number of alkyl halides is 3. The molecule has 0 radical (unpaired) electrons. The fraction of sp³-hybridized carbons (Fsp3) is 0.708. The Morgan fingerprint density at radius 1 is 1.29 bits per heavy atom. The summed E-state index contributed by atoms with van der Waals surface area (Å²) in [6, 6.07) is 2.00. The van der Waals surface area contributed by atoms with Crippen molar-refractivity contribution in [3.05, 3.63) is 28.8 Å². The largest absolute Gasteiger partial charge is 0.405 e. The van der Waals surface area contributed by atoms with E-state index in [2.05, 4.69) is 20.4 Å². The number of halogens is 3. The Hall–Kier alpha value is -2.36. The van der Waals surface area contributed by atoms with Crippen molar-refractivity contribution in [2.75, 3.05) is 33.2 Å². The lowest BCUT2D eigenvalue weighted by atomic mass is 9.84. The molecular formula is C24H34F3N5O2. The summed E-state index contributed by atoms with van der Waals surface area (Å²) in [5.74, 6) is 1.74. The van der Waals surface area contributed by atoms with Crippen LogP contribution in [0.5, 0.6) is 0 Å². The molecule has 0 atom stereocenters. The van der Waals surface area contributed by atoms with Crippen LogP contribution in [0, 0.1) is 12.8 Å². The van der Waals surface area contributed by atoms with Crippen molar-refractivity contribution in [3.8, 4) is 0 Å². The van der Waals surface area contributed by atoms with Gasteiger partial charge in [-0.25, -0.2) is 4.99 Å². The van der Waals surface area contributed by atoms with E-state index in [9.17, 15) is 18.0 Å². The predicted molar refractivity (Wildman–Crippen MR) is 122 cm³/mol. The maximum atomic E-state index is 12.7. The molecule has 2 aliphatic heterocycles. The molecule has 0 unspecified atom stereocenters. The smallest absolute Gasteiger partial charge is 0.361 e. The third-order valence-corrected chi connectivity index (χ3v) is 7.08. The predicted octanol–water partition coefficient (Wildman–Crippen LogP) is 3.85. The molecule has 1 amide bonds. The first kappa shape index (κ1) is 24.8. The number of hydrogen-bond donors (Lipinski definition) is 1. The number of aromatic nitrogens is 1. The average Bonchev–Trinajstić information content (AvgIpc) is 3.37. The van der Waals surface area contributed by atoms with Gasteiger partial charge in [0.05, 0.1) is 17.8 Å². The highest BCUT2D eigenvalue weighted by molar-refractivity contribution is 5.88. The summed E-state index contributed by atoms with van der Waals surface area (Å²) in [6.07, 6.45) is 2.70. The fourth-order valence-electron chi connectivity index (χ4n) is 5.20. The number of aliphatic imine (C=N–C) groups is 1. The Morgan fingerprint density at radius 3 is 2.74 bits per heavy atom. The van der Waals surface area contributed by atoms with E-state index >= 15 is 0 Å². The molecule has 1 saturated carbocycles. The lowest BCUT2D eigenvalue weighted by molar-refractivity contribution is -0.135. The number of nitrogens with zero attached hydrogens (tertiary/aromatic N) is 4. The molecule has 188 valence electrons. The highest BCUT2D eigenvalue weighted by atomic mass is 19.4. The number of nitrogens with one attached hydrogen (secondary N) is 1. The van der Waals surface area contributed by atoms with Crippen molar-refractivity contribution in [2.45, 2.75) is 70.5 Å². The second-order valence-electron chi connectivity index (χ2n) is 9.94. The van der Waals surface area contributed by atoms with Gasteiger partial charge < -0.3 is 14.7 Å². The van der Waals surface area contributed by atoms with E-state index in [-0.39, 0.29) is 18.4 Å². The molecule has 10 heteroatoms. The number of hydrogen-bond acceptors (Lipinski definition) is 6. The second-order valence-corrected chi connectivity index (χ2v) is 9.94. The standard InChI is InChI=1S/C24H34F3N5O2/c1-16-11-20(34-30-16)13-23(33)28-19-5-3-17(4-6-19)7-9-32-10-8-18-12-22(29-21(18)14-32)31(2)15-24(25,26)27/h11,17,19H,3-10,12-15H2,1-2H3,(H,28,33). The van der Waals surface area contributed by atoms with E-state index in [1.165, 1.54) is 17.5 Å². The molecule has 1 aliphatic carbocycles. The minimum Gasteiger partial charge on any atom is -0.361 e. The molecule has 1 N–H and O–H groups in total. The molecular weight excluding hydrogens is 447 g/mol. The minimum absolute atomic E-state index is 0.0191. The summed E-state index contributed by atoms with van der Waals surface area (Å²) in [5.41, 5.74) is 2.93. The summed E-state index contributed by atoms with van der Waals surface area (Å²) in [5, 5.41) is 6.94. The van der Waals surface area contributed by atoms with Gasteiger partial charge in [-0.05, 0) is 63.5 Å². The molecule has 1 fully saturated rings. The zero-order chi connectivity index (χ0) is 24.3. The van der Waals surface area contributed by atoms with Crippen LogP contribution in [-0.2, 0) is 11.2 Å². The molecule has 0 aromatic carbocycles. The van der Waals surface area contributed by atoms with Gasteiger partial charge in [0.15, 0.2) is 0 Å². The summed E-state index contributed by atoms with van der Waals surface area (Å²) < 4.78 is 43.2. The molecule has 34 heavy (non-hydrogen) atoms. The third-order valence-electron chi connectivity index (χ3n) is 7.08. The highest BCUT2D eigenvalue weighted by Gasteiger charge is 2.33. The molecule has 0 bridgehead atoms. The summed E-state index contributed by atoms with van der Waals surface area (Å²) in [6.45, 7) is 3.52. The monoisotopic (exact) mass is 481 g/mol. The maximum absolute atomic E-state index is 12.7. The van der Waals surface area contributed by atoms with Crippen LogP contribution in [0.3, 0.4) is 0 Å². The van der Waals surface area contributed by atoms with Crippen LogP contribution < -0.4 is 5.32 Å². The first-order valence-corrected chi connectivity index (χ1v) is 12.1. The van der Waals surface area contributed by atoms with Crippen molar-refractivity contribution in [1.29, 1.82) is 0 Å². The van der Waals surface area contributed by atoms with Crippen LogP contribution in [0.2, 0.25) is 0 Å². The molecule has 0 saturated heterocycles. The Kier molecular flexibility index (Phi) is 7.64. The average molecular weight is 482 g/mol. The van der Waals surface area contributed by atoms with Gasteiger partial charge in [0.2, 0.25) is 5.91 Å². The Balaban J connectivity index is 1.15. The molecule has 7 nitrogen and oxygen atoms in total. The molecule has 3 heterocycles. The number of rotatable bonds is 7. The number of amidine groups is 1. The van der Waals surface area contributed by atoms with Crippen molar-refractivity contribution >= 4 is 11.7 Å². The maximum Gasteiger partial charge on any atom is 0.405 e. The molecule has 3 aliphatic rings. The zero-order valence-electron chi connectivity index (χ0n) is 20.0. The van der Waals surface area contributed by atoms with Crippen molar-refractivity contribution in [3.63, 3.8) is 0 Å². The van der Waals surface area contributed by atoms with E-state index in [0.717, 1.165) is 69.6 Å². The van der Waals surface area contributed by atoms with Gasteiger partial charge in [-0.15, -0.1) is 0 Å². The van der Waals surface area contributed by atoms with Crippen LogP contribution in [0.4, 0.5) is 13.2 Å². The van der Waals surface area contributed by atoms with Crippen LogP contribution in [0.15, 0.2) is 26.9 Å². The Bertz CT molecular complexity index is 931. The van der Waals surface area contributed by atoms with Gasteiger partial charge in [-0.2, -0.15) is 13.2 Å². The fourth-order valence-corrected chi connectivity index (χ4v) is 5.20. The Morgan fingerprint density at radius 2 is 2.06 bits per heavy atom. The lowest BCUT2D eigenvalue weighted by Gasteiger charge is -2.32. The number of amides is 1. The molecule has 0 spiro atoms. The molecule has 4 rings (SSSR count). The molecule has 1 aromatic rings. The van der Waals surface area contributed by atoms with Crippen molar-refractivity contribution < 1.29 is 22.5 Å². The van der Waals surface area contributed by atoms with Gasteiger partial charge in [0, 0.05) is 38.7 Å².